The zero-order chi connectivity index (χ0) is 23.4. The second kappa shape index (κ2) is 10.3. The Hall–Kier alpha value is -3.03. The zero-order valence-corrected chi connectivity index (χ0v) is 19.5. The maximum absolute atomic E-state index is 14.0. The summed E-state index contributed by atoms with van der Waals surface area (Å²) in [7, 11) is 0. The van der Waals surface area contributed by atoms with E-state index in [1.54, 1.807) is 6.26 Å². The molecule has 8 nitrogen and oxygen atoms in total. The molecule has 1 saturated heterocycles. The van der Waals surface area contributed by atoms with Crippen molar-refractivity contribution in [2.75, 3.05) is 25.0 Å². The average Bonchev–Trinajstić information content (AvgIpc) is 3.34. The number of aromatic nitrogens is 1. The number of hydrogen-bond acceptors (Lipinski definition) is 5. The summed E-state index contributed by atoms with van der Waals surface area (Å²) in [6.45, 7) is 6.05. The second-order valence-corrected chi connectivity index (χ2v) is 9.51. The Bertz CT molecular complexity index is 973. The SMILES string of the molecule is CC(C)CN(C(=O)c1cc2c(nc1NCc1ccco1)CCCC2)C1CCCN(C(=O)O)C1. The molecule has 1 unspecified atom stereocenters. The van der Waals surface area contributed by atoms with Crippen molar-refractivity contribution in [3.8, 4) is 0 Å². The Balaban J connectivity index is 1.65. The van der Waals surface area contributed by atoms with Crippen molar-refractivity contribution >= 4 is 17.8 Å². The van der Waals surface area contributed by atoms with Crippen LogP contribution in [0.4, 0.5) is 10.6 Å². The highest BCUT2D eigenvalue weighted by Crippen LogP contribution is 2.28. The first-order valence-electron chi connectivity index (χ1n) is 12.0. The topological polar surface area (TPSA) is 98.9 Å². The van der Waals surface area contributed by atoms with Gasteiger partial charge in [0.1, 0.15) is 11.6 Å². The van der Waals surface area contributed by atoms with Gasteiger partial charge in [0.05, 0.1) is 18.4 Å². The molecule has 2 N–H and O–H groups in total. The van der Waals surface area contributed by atoms with Gasteiger partial charge in [0.2, 0.25) is 0 Å². The molecule has 178 valence electrons. The predicted molar refractivity (Wildman–Crippen MR) is 125 cm³/mol. The molecule has 1 atom stereocenters. The molecule has 1 aliphatic carbocycles. The Kier molecular flexibility index (Phi) is 7.20. The van der Waals surface area contributed by atoms with Crippen LogP contribution in [0.5, 0.6) is 0 Å². The molecule has 4 rings (SSSR count). The minimum absolute atomic E-state index is 0.0799. The Morgan fingerprint density at radius 1 is 1.30 bits per heavy atom. The first kappa shape index (κ1) is 23.1. The van der Waals surface area contributed by atoms with E-state index in [2.05, 4.69) is 19.2 Å². The van der Waals surface area contributed by atoms with E-state index in [0.29, 0.717) is 37.6 Å². The van der Waals surface area contributed by atoms with Gasteiger partial charge < -0.3 is 24.6 Å². The summed E-state index contributed by atoms with van der Waals surface area (Å²) in [6.07, 6.45) is 6.33. The van der Waals surface area contributed by atoms with Gasteiger partial charge in [0.15, 0.2) is 0 Å². The van der Waals surface area contributed by atoms with Crippen LogP contribution in [0.1, 0.15) is 66.9 Å². The number of nitrogens with zero attached hydrogens (tertiary/aromatic N) is 3. The molecule has 0 bridgehead atoms. The molecule has 8 heteroatoms. The van der Waals surface area contributed by atoms with Crippen LogP contribution >= 0.6 is 0 Å². The fourth-order valence-electron chi connectivity index (χ4n) is 4.84. The molecule has 1 fully saturated rings. The lowest BCUT2D eigenvalue weighted by Crippen LogP contribution is -2.52. The van der Waals surface area contributed by atoms with Crippen molar-refractivity contribution in [1.29, 1.82) is 0 Å². The number of furan rings is 1. The monoisotopic (exact) mass is 454 g/mol. The number of fused-ring (bicyclic) bond motifs is 1. The van der Waals surface area contributed by atoms with Crippen molar-refractivity contribution in [1.82, 2.24) is 14.8 Å². The standard InChI is InChI=1S/C25H34N4O4/c1-17(2)15-29(19-8-5-11-28(16-19)25(31)32)24(30)21-13-18-7-3-4-10-22(18)27-23(21)26-14-20-9-6-12-33-20/h6,9,12-13,17,19H,3-5,7-8,10-11,14-16H2,1-2H3,(H,26,27)(H,31,32). The number of nitrogens with one attached hydrogen (secondary N) is 1. The number of likely N-dealkylation sites (tertiary alicyclic amines) is 1. The third-order valence-electron chi connectivity index (χ3n) is 6.47. The highest BCUT2D eigenvalue weighted by molar-refractivity contribution is 5.99. The highest BCUT2D eigenvalue weighted by Gasteiger charge is 2.33. The maximum Gasteiger partial charge on any atom is 0.407 e. The van der Waals surface area contributed by atoms with E-state index in [1.165, 1.54) is 4.90 Å². The van der Waals surface area contributed by atoms with Gasteiger partial charge in [-0.2, -0.15) is 0 Å². The third kappa shape index (κ3) is 5.49. The lowest BCUT2D eigenvalue weighted by molar-refractivity contribution is 0.0504. The molecule has 2 aliphatic rings. The number of hydrogen-bond donors (Lipinski definition) is 2. The predicted octanol–water partition coefficient (Wildman–Crippen LogP) is 4.41. The molecule has 3 heterocycles. The van der Waals surface area contributed by atoms with Crippen LogP contribution < -0.4 is 5.32 Å². The molecule has 2 aromatic heterocycles. The number of pyridine rings is 1. The van der Waals surface area contributed by atoms with E-state index < -0.39 is 6.09 Å². The molecule has 0 aromatic carbocycles. The number of aryl methyl sites for hydroxylation is 2. The van der Waals surface area contributed by atoms with E-state index in [4.69, 9.17) is 9.40 Å². The molecular formula is C25H34N4O4. The largest absolute Gasteiger partial charge is 0.467 e. The number of piperidine rings is 1. The van der Waals surface area contributed by atoms with Gasteiger partial charge in [-0.25, -0.2) is 9.78 Å². The molecule has 1 aliphatic heterocycles. The number of rotatable bonds is 7. The van der Waals surface area contributed by atoms with Crippen LogP contribution in [0.15, 0.2) is 28.9 Å². The van der Waals surface area contributed by atoms with Crippen LogP contribution in [-0.4, -0.2) is 57.6 Å². The van der Waals surface area contributed by atoms with Crippen molar-refractivity contribution in [2.24, 2.45) is 5.92 Å². The van der Waals surface area contributed by atoms with Crippen LogP contribution in [0.25, 0.3) is 0 Å². The van der Waals surface area contributed by atoms with Gasteiger partial charge >= 0.3 is 6.09 Å². The molecule has 2 amide bonds. The van der Waals surface area contributed by atoms with Crippen molar-refractivity contribution in [2.45, 2.75) is 65.0 Å². The van der Waals surface area contributed by atoms with E-state index in [1.807, 2.05) is 23.1 Å². The molecule has 0 spiro atoms. The van der Waals surface area contributed by atoms with E-state index >= 15 is 0 Å². The van der Waals surface area contributed by atoms with Crippen molar-refractivity contribution < 1.29 is 19.1 Å². The van der Waals surface area contributed by atoms with E-state index in [9.17, 15) is 14.7 Å². The normalized spacial score (nSPS) is 18.2. The minimum Gasteiger partial charge on any atom is -0.467 e. The summed E-state index contributed by atoms with van der Waals surface area (Å²) >= 11 is 0. The van der Waals surface area contributed by atoms with Gasteiger partial charge in [0.25, 0.3) is 5.91 Å². The summed E-state index contributed by atoms with van der Waals surface area (Å²) in [5, 5.41) is 12.8. The number of carbonyl (C=O) groups excluding carboxylic acids is 1. The number of carbonyl (C=O) groups is 2. The van der Waals surface area contributed by atoms with Crippen LogP contribution in [-0.2, 0) is 19.4 Å². The number of anilines is 1. The Labute approximate surface area is 195 Å². The van der Waals surface area contributed by atoms with Crippen LogP contribution in [0.3, 0.4) is 0 Å². The lowest BCUT2D eigenvalue weighted by Gasteiger charge is -2.39. The summed E-state index contributed by atoms with van der Waals surface area (Å²) in [5.74, 6) is 1.54. The van der Waals surface area contributed by atoms with Crippen molar-refractivity contribution in [3.63, 3.8) is 0 Å². The zero-order valence-electron chi connectivity index (χ0n) is 19.5. The molecule has 0 radical (unpaired) electrons. The van der Waals surface area contributed by atoms with E-state index in [-0.39, 0.29) is 17.9 Å². The van der Waals surface area contributed by atoms with Gasteiger partial charge in [-0.3, -0.25) is 4.79 Å². The summed E-state index contributed by atoms with van der Waals surface area (Å²) in [5.41, 5.74) is 2.77. The third-order valence-corrected chi connectivity index (χ3v) is 6.47. The first-order chi connectivity index (χ1) is 15.9. The summed E-state index contributed by atoms with van der Waals surface area (Å²) in [6, 6.07) is 5.60. The highest BCUT2D eigenvalue weighted by atomic mass is 16.4. The maximum atomic E-state index is 14.0. The number of amides is 2. The molecule has 2 aromatic rings. The Morgan fingerprint density at radius 3 is 2.85 bits per heavy atom. The smallest absolute Gasteiger partial charge is 0.407 e. The Morgan fingerprint density at radius 2 is 2.12 bits per heavy atom. The second-order valence-electron chi connectivity index (χ2n) is 9.51. The van der Waals surface area contributed by atoms with Crippen LogP contribution in [0, 0.1) is 5.92 Å². The fraction of sp³-hybridized carbons (Fsp3) is 0.560. The minimum atomic E-state index is -0.923. The quantitative estimate of drug-likeness (QED) is 0.643. The van der Waals surface area contributed by atoms with Crippen LogP contribution in [0.2, 0.25) is 0 Å². The van der Waals surface area contributed by atoms with Gasteiger partial charge in [-0.15, -0.1) is 0 Å². The van der Waals surface area contributed by atoms with Gasteiger partial charge in [-0.05, 0) is 68.2 Å². The van der Waals surface area contributed by atoms with Crippen molar-refractivity contribution in [3.05, 3.63) is 47.0 Å². The lowest BCUT2D eigenvalue weighted by atomic mass is 9.94. The van der Waals surface area contributed by atoms with Gasteiger partial charge in [-0.1, -0.05) is 13.8 Å². The molecular weight excluding hydrogens is 420 g/mol. The first-order valence-corrected chi connectivity index (χ1v) is 12.0. The summed E-state index contributed by atoms with van der Waals surface area (Å²) < 4.78 is 5.45. The summed E-state index contributed by atoms with van der Waals surface area (Å²) in [4.78, 5) is 33.8. The fourth-order valence-corrected chi connectivity index (χ4v) is 4.84. The molecule has 0 saturated carbocycles. The average molecular weight is 455 g/mol. The van der Waals surface area contributed by atoms with Gasteiger partial charge in [0, 0.05) is 31.4 Å². The van der Waals surface area contributed by atoms with E-state index in [0.717, 1.165) is 55.5 Å². The number of carboxylic acid groups (broad SMARTS) is 1. The molecule has 33 heavy (non-hydrogen) atoms.